The highest BCUT2D eigenvalue weighted by atomic mass is 32.2. The molecule has 1 saturated carbocycles. The summed E-state index contributed by atoms with van der Waals surface area (Å²) < 4.78 is 27.4. The van der Waals surface area contributed by atoms with Gasteiger partial charge in [-0.15, -0.1) is 0 Å². The third-order valence-corrected chi connectivity index (χ3v) is 5.42. The van der Waals surface area contributed by atoms with Crippen molar-refractivity contribution in [1.29, 1.82) is 0 Å². The van der Waals surface area contributed by atoms with Gasteiger partial charge in [-0.3, -0.25) is 10.1 Å². The van der Waals surface area contributed by atoms with Gasteiger partial charge in [0.2, 0.25) is 10.0 Å². The Morgan fingerprint density at radius 1 is 1.45 bits per heavy atom. The number of nitro benzene ring substituents is 1. The first-order chi connectivity index (χ1) is 9.30. The molecule has 1 aromatic rings. The van der Waals surface area contributed by atoms with Crippen LogP contribution in [0.2, 0.25) is 0 Å². The van der Waals surface area contributed by atoms with E-state index in [1.165, 1.54) is 6.07 Å². The highest BCUT2D eigenvalue weighted by Crippen LogP contribution is 2.37. The lowest BCUT2D eigenvalue weighted by Gasteiger charge is -2.41. The molecule has 110 valence electrons. The second-order valence-corrected chi connectivity index (χ2v) is 6.73. The topological polar surface area (TPSA) is 115 Å². The van der Waals surface area contributed by atoms with Crippen molar-refractivity contribution in [2.75, 3.05) is 5.73 Å². The molecular formula is C12H17N3O4S. The van der Waals surface area contributed by atoms with E-state index in [1.807, 2.05) is 6.92 Å². The largest absolute Gasteiger partial charge is 0.399 e. The van der Waals surface area contributed by atoms with Crippen molar-refractivity contribution in [3.63, 3.8) is 0 Å². The fourth-order valence-corrected chi connectivity index (χ4v) is 4.11. The summed E-state index contributed by atoms with van der Waals surface area (Å²) in [6, 6.07) is 3.56. The van der Waals surface area contributed by atoms with Gasteiger partial charge < -0.3 is 5.73 Å². The summed E-state index contributed by atoms with van der Waals surface area (Å²) in [5, 5.41) is 11.0. The standard InChI is InChI=1S/C12H17N3O4S/c1-2-12(6-3-7-12)14-20(18,19)11-8-9(13)4-5-10(11)15(16)17/h4-5,8,14H,2-3,6-7,13H2,1H3. The lowest BCUT2D eigenvalue weighted by molar-refractivity contribution is -0.387. The predicted molar refractivity (Wildman–Crippen MR) is 74.7 cm³/mol. The lowest BCUT2D eigenvalue weighted by atomic mass is 9.76. The van der Waals surface area contributed by atoms with Gasteiger partial charge in [-0.1, -0.05) is 6.92 Å². The average Bonchev–Trinajstić information content (AvgIpc) is 2.33. The second-order valence-electron chi connectivity index (χ2n) is 5.08. The van der Waals surface area contributed by atoms with Crippen LogP contribution in [0.4, 0.5) is 11.4 Å². The second kappa shape index (κ2) is 5.02. The molecular weight excluding hydrogens is 282 g/mol. The third kappa shape index (κ3) is 2.61. The number of benzene rings is 1. The molecule has 20 heavy (non-hydrogen) atoms. The highest BCUT2D eigenvalue weighted by Gasteiger charge is 2.40. The van der Waals surface area contributed by atoms with Crippen molar-refractivity contribution >= 4 is 21.4 Å². The Balaban J connectivity index is 2.43. The van der Waals surface area contributed by atoms with Gasteiger partial charge >= 0.3 is 0 Å². The fraction of sp³-hybridized carbons (Fsp3) is 0.500. The van der Waals surface area contributed by atoms with Crippen LogP contribution in [0.1, 0.15) is 32.6 Å². The molecule has 7 nitrogen and oxygen atoms in total. The van der Waals surface area contributed by atoms with Gasteiger partial charge in [0.05, 0.1) is 4.92 Å². The van der Waals surface area contributed by atoms with E-state index in [0.717, 1.165) is 31.4 Å². The van der Waals surface area contributed by atoms with Gasteiger partial charge in [0.25, 0.3) is 5.69 Å². The van der Waals surface area contributed by atoms with E-state index >= 15 is 0 Å². The molecule has 0 aromatic heterocycles. The van der Waals surface area contributed by atoms with E-state index in [-0.39, 0.29) is 10.6 Å². The molecule has 0 atom stereocenters. The van der Waals surface area contributed by atoms with Crippen LogP contribution in [0.5, 0.6) is 0 Å². The minimum Gasteiger partial charge on any atom is -0.399 e. The summed E-state index contributed by atoms with van der Waals surface area (Å²) in [6.07, 6.45) is 3.11. The summed E-state index contributed by atoms with van der Waals surface area (Å²) in [6.45, 7) is 1.90. The molecule has 0 bridgehead atoms. The van der Waals surface area contributed by atoms with Crippen LogP contribution in [-0.2, 0) is 10.0 Å². The first-order valence-electron chi connectivity index (χ1n) is 6.37. The van der Waals surface area contributed by atoms with Gasteiger partial charge in [0, 0.05) is 17.3 Å². The summed E-state index contributed by atoms with van der Waals surface area (Å²) in [7, 11) is -3.96. The summed E-state index contributed by atoms with van der Waals surface area (Å²) in [5.41, 5.74) is 4.79. The molecule has 0 amide bonds. The normalized spacial score (nSPS) is 17.4. The van der Waals surface area contributed by atoms with Crippen molar-refractivity contribution in [3.05, 3.63) is 28.3 Å². The zero-order valence-corrected chi connectivity index (χ0v) is 11.9. The number of nitrogens with zero attached hydrogens (tertiary/aromatic N) is 1. The van der Waals surface area contributed by atoms with Gasteiger partial charge in [0.1, 0.15) is 0 Å². The summed E-state index contributed by atoms with van der Waals surface area (Å²) in [4.78, 5) is 9.88. The van der Waals surface area contributed by atoms with Crippen LogP contribution in [0.25, 0.3) is 0 Å². The predicted octanol–water partition coefficient (Wildman–Crippen LogP) is 1.79. The SMILES string of the molecule is CCC1(NS(=O)(=O)c2cc(N)ccc2[N+](=O)[O-])CCC1. The maximum atomic E-state index is 12.4. The number of rotatable bonds is 5. The van der Waals surface area contributed by atoms with E-state index in [1.54, 1.807) is 0 Å². The first kappa shape index (κ1) is 14.7. The number of sulfonamides is 1. The van der Waals surface area contributed by atoms with Gasteiger partial charge in [-0.25, -0.2) is 13.1 Å². The molecule has 2 rings (SSSR count). The summed E-state index contributed by atoms with van der Waals surface area (Å²) in [5.74, 6) is 0. The number of nitrogens with two attached hydrogens (primary N) is 1. The molecule has 0 saturated heterocycles. The van der Waals surface area contributed by atoms with Crippen molar-refractivity contribution in [1.82, 2.24) is 4.72 Å². The monoisotopic (exact) mass is 299 g/mol. The molecule has 1 aromatic carbocycles. The Labute approximate surface area is 117 Å². The number of nitrogen functional groups attached to an aromatic ring is 1. The molecule has 0 unspecified atom stereocenters. The van der Waals surface area contributed by atoms with Gasteiger partial charge in [-0.2, -0.15) is 0 Å². The number of hydrogen-bond acceptors (Lipinski definition) is 5. The Morgan fingerprint density at radius 2 is 2.10 bits per heavy atom. The Kier molecular flexibility index (Phi) is 3.70. The van der Waals surface area contributed by atoms with Gasteiger partial charge in [-0.05, 0) is 37.8 Å². The Hall–Kier alpha value is -1.67. The van der Waals surface area contributed by atoms with Crippen LogP contribution in [0, 0.1) is 10.1 Å². The molecule has 0 heterocycles. The van der Waals surface area contributed by atoms with E-state index in [0.29, 0.717) is 6.42 Å². The summed E-state index contributed by atoms with van der Waals surface area (Å²) >= 11 is 0. The van der Waals surface area contributed by atoms with Crippen molar-refractivity contribution in [3.8, 4) is 0 Å². The van der Waals surface area contributed by atoms with Crippen molar-refractivity contribution in [2.24, 2.45) is 0 Å². The minimum absolute atomic E-state index is 0.176. The molecule has 8 heteroatoms. The minimum atomic E-state index is -3.96. The Morgan fingerprint density at radius 3 is 2.55 bits per heavy atom. The molecule has 1 aliphatic carbocycles. The fourth-order valence-electron chi connectivity index (χ4n) is 2.37. The van der Waals surface area contributed by atoms with Crippen LogP contribution in [-0.4, -0.2) is 18.9 Å². The van der Waals surface area contributed by atoms with Crippen LogP contribution in [0.3, 0.4) is 0 Å². The Bertz CT molecular complexity index is 633. The van der Waals surface area contributed by atoms with Gasteiger partial charge in [0.15, 0.2) is 4.90 Å². The van der Waals surface area contributed by atoms with Crippen LogP contribution in [0.15, 0.2) is 23.1 Å². The third-order valence-electron chi connectivity index (χ3n) is 3.81. The maximum absolute atomic E-state index is 12.4. The molecule has 3 N–H and O–H groups in total. The molecule has 0 radical (unpaired) electrons. The smallest absolute Gasteiger partial charge is 0.289 e. The quantitative estimate of drug-likeness (QED) is 0.488. The molecule has 1 fully saturated rings. The van der Waals surface area contributed by atoms with E-state index in [2.05, 4.69) is 4.72 Å². The van der Waals surface area contributed by atoms with Crippen LogP contribution >= 0.6 is 0 Å². The highest BCUT2D eigenvalue weighted by molar-refractivity contribution is 7.89. The molecule has 1 aliphatic rings. The number of anilines is 1. The number of nitro groups is 1. The number of hydrogen-bond donors (Lipinski definition) is 2. The zero-order chi connectivity index (χ0) is 15.0. The van der Waals surface area contributed by atoms with E-state index in [9.17, 15) is 18.5 Å². The average molecular weight is 299 g/mol. The molecule has 0 spiro atoms. The maximum Gasteiger partial charge on any atom is 0.289 e. The van der Waals surface area contributed by atoms with Crippen molar-refractivity contribution < 1.29 is 13.3 Å². The first-order valence-corrected chi connectivity index (χ1v) is 7.86. The van der Waals surface area contributed by atoms with Crippen LogP contribution < -0.4 is 10.5 Å². The lowest BCUT2D eigenvalue weighted by Crippen LogP contribution is -2.52. The van der Waals surface area contributed by atoms with E-state index in [4.69, 9.17) is 5.73 Å². The molecule has 0 aliphatic heterocycles. The van der Waals surface area contributed by atoms with E-state index < -0.39 is 26.2 Å². The van der Waals surface area contributed by atoms with Crippen molar-refractivity contribution in [2.45, 2.75) is 43.0 Å². The number of nitrogens with one attached hydrogen (secondary N) is 1. The zero-order valence-electron chi connectivity index (χ0n) is 11.1.